The predicted octanol–water partition coefficient (Wildman–Crippen LogP) is 3.29. The van der Waals surface area contributed by atoms with Gasteiger partial charge in [-0.25, -0.2) is 0 Å². The van der Waals surface area contributed by atoms with Crippen LogP contribution in [-0.2, 0) is 4.79 Å². The van der Waals surface area contributed by atoms with E-state index >= 15 is 0 Å². The lowest BCUT2D eigenvalue weighted by Gasteiger charge is -2.16. The summed E-state index contributed by atoms with van der Waals surface area (Å²) in [5, 5.41) is 3.42. The molecule has 0 heterocycles. The summed E-state index contributed by atoms with van der Waals surface area (Å²) in [7, 11) is 1.88. The Labute approximate surface area is 135 Å². The van der Waals surface area contributed by atoms with Gasteiger partial charge in [0, 0.05) is 17.3 Å². The highest BCUT2D eigenvalue weighted by Crippen LogP contribution is 2.14. The molecule has 0 saturated heterocycles. The van der Waals surface area contributed by atoms with Crippen LogP contribution >= 0.6 is 11.6 Å². The minimum Gasteiger partial charge on any atom is -0.492 e. The van der Waals surface area contributed by atoms with E-state index in [1.807, 2.05) is 48.3 Å². The third-order valence-corrected chi connectivity index (χ3v) is 3.24. The molecule has 116 valence electrons. The molecule has 0 radical (unpaired) electrons. The Bertz CT molecular complexity index is 605. The highest BCUT2D eigenvalue weighted by atomic mass is 35.5. The van der Waals surface area contributed by atoms with Gasteiger partial charge in [-0.3, -0.25) is 9.69 Å². The summed E-state index contributed by atoms with van der Waals surface area (Å²) in [6.07, 6.45) is 0. The molecule has 2 rings (SSSR count). The molecule has 0 fully saturated rings. The van der Waals surface area contributed by atoms with E-state index < -0.39 is 0 Å². The van der Waals surface area contributed by atoms with Gasteiger partial charge in [0.05, 0.1) is 6.54 Å². The van der Waals surface area contributed by atoms with Crippen molar-refractivity contribution in [1.82, 2.24) is 4.90 Å². The average molecular weight is 319 g/mol. The summed E-state index contributed by atoms with van der Waals surface area (Å²) in [5.74, 6) is 0.753. The SMILES string of the molecule is CN(CCOc1ccccc1)CC(=O)Nc1cccc(Cl)c1. The third-order valence-electron chi connectivity index (χ3n) is 3.01. The van der Waals surface area contributed by atoms with Gasteiger partial charge in [0.25, 0.3) is 0 Å². The Kier molecular flexibility index (Phi) is 6.25. The van der Waals surface area contributed by atoms with Gasteiger partial charge in [0.15, 0.2) is 0 Å². The van der Waals surface area contributed by atoms with Crippen molar-refractivity contribution in [3.63, 3.8) is 0 Å². The first kappa shape index (κ1) is 16.3. The second-order valence-electron chi connectivity index (χ2n) is 4.96. The topological polar surface area (TPSA) is 41.6 Å². The third kappa shape index (κ3) is 5.76. The minimum atomic E-state index is -0.0792. The van der Waals surface area contributed by atoms with Crippen LogP contribution in [0.5, 0.6) is 5.75 Å². The monoisotopic (exact) mass is 318 g/mol. The smallest absolute Gasteiger partial charge is 0.238 e. The zero-order valence-corrected chi connectivity index (χ0v) is 13.2. The summed E-state index contributed by atoms with van der Waals surface area (Å²) >= 11 is 5.88. The fourth-order valence-corrected chi connectivity index (χ4v) is 2.12. The van der Waals surface area contributed by atoms with E-state index in [0.29, 0.717) is 30.4 Å². The number of nitrogens with zero attached hydrogens (tertiary/aromatic N) is 1. The lowest BCUT2D eigenvalue weighted by Crippen LogP contribution is -2.33. The van der Waals surface area contributed by atoms with Gasteiger partial charge in [-0.1, -0.05) is 35.9 Å². The van der Waals surface area contributed by atoms with Crippen molar-refractivity contribution in [2.24, 2.45) is 0 Å². The van der Waals surface area contributed by atoms with Gasteiger partial charge < -0.3 is 10.1 Å². The molecule has 0 unspecified atom stereocenters. The molecule has 22 heavy (non-hydrogen) atoms. The second kappa shape index (κ2) is 8.41. The maximum atomic E-state index is 11.9. The van der Waals surface area contributed by atoms with Crippen LogP contribution in [0.15, 0.2) is 54.6 Å². The first-order chi connectivity index (χ1) is 10.6. The number of rotatable bonds is 7. The number of hydrogen-bond acceptors (Lipinski definition) is 3. The van der Waals surface area contributed by atoms with E-state index in [-0.39, 0.29) is 5.91 Å². The maximum Gasteiger partial charge on any atom is 0.238 e. The lowest BCUT2D eigenvalue weighted by atomic mass is 10.3. The lowest BCUT2D eigenvalue weighted by molar-refractivity contribution is -0.117. The molecule has 0 aromatic heterocycles. The van der Waals surface area contributed by atoms with E-state index in [0.717, 1.165) is 5.75 Å². The summed E-state index contributed by atoms with van der Waals surface area (Å²) in [4.78, 5) is 13.8. The first-order valence-electron chi connectivity index (χ1n) is 7.05. The molecule has 4 nitrogen and oxygen atoms in total. The first-order valence-corrected chi connectivity index (χ1v) is 7.43. The van der Waals surface area contributed by atoms with Gasteiger partial charge in [-0.05, 0) is 37.4 Å². The van der Waals surface area contributed by atoms with Crippen molar-refractivity contribution in [3.05, 3.63) is 59.6 Å². The molecule has 1 amide bonds. The number of carbonyl (C=O) groups excluding carboxylic acids is 1. The molecule has 2 aromatic rings. The van der Waals surface area contributed by atoms with E-state index in [1.54, 1.807) is 18.2 Å². The van der Waals surface area contributed by atoms with Gasteiger partial charge in [-0.2, -0.15) is 0 Å². The molecule has 0 bridgehead atoms. The fraction of sp³-hybridized carbons (Fsp3) is 0.235. The van der Waals surface area contributed by atoms with E-state index in [4.69, 9.17) is 16.3 Å². The Morgan fingerprint density at radius 1 is 1.18 bits per heavy atom. The molecule has 1 N–H and O–H groups in total. The Hall–Kier alpha value is -2.04. The van der Waals surface area contributed by atoms with Gasteiger partial charge in [0.1, 0.15) is 12.4 Å². The molecular weight excluding hydrogens is 300 g/mol. The Morgan fingerprint density at radius 3 is 2.68 bits per heavy atom. The molecule has 0 aliphatic rings. The number of anilines is 1. The van der Waals surface area contributed by atoms with Gasteiger partial charge in [-0.15, -0.1) is 0 Å². The molecular formula is C17H19ClN2O2. The molecule has 0 aliphatic carbocycles. The zero-order valence-electron chi connectivity index (χ0n) is 12.5. The van der Waals surface area contributed by atoms with Crippen molar-refractivity contribution in [2.45, 2.75) is 0 Å². The number of ether oxygens (including phenoxy) is 1. The molecule has 0 saturated carbocycles. The predicted molar refractivity (Wildman–Crippen MR) is 89.5 cm³/mol. The largest absolute Gasteiger partial charge is 0.492 e. The number of benzene rings is 2. The van der Waals surface area contributed by atoms with Gasteiger partial charge in [0.2, 0.25) is 5.91 Å². The highest BCUT2D eigenvalue weighted by Gasteiger charge is 2.07. The van der Waals surface area contributed by atoms with Crippen molar-refractivity contribution >= 4 is 23.2 Å². The van der Waals surface area contributed by atoms with Gasteiger partial charge >= 0.3 is 0 Å². The Balaban J connectivity index is 1.70. The molecule has 0 atom stereocenters. The summed E-state index contributed by atoms with van der Waals surface area (Å²) in [6.45, 7) is 1.49. The van der Waals surface area contributed by atoms with Crippen LogP contribution in [0.2, 0.25) is 5.02 Å². The molecule has 0 aliphatic heterocycles. The number of carbonyl (C=O) groups is 1. The summed E-state index contributed by atoms with van der Waals surface area (Å²) in [6, 6.07) is 16.7. The number of amides is 1. The molecule has 0 spiro atoms. The number of hydrogen-bond donors (Lipinski definition) is 1. The van der Waals surface area contributed by atoms with Crippen molar-refractivity contribution in [1.29, 1.82) is 0 Å². The number of likely N-dealkylation sites (N-methyl/N-ethyl adjacent to an activating group) is 1. The quantitative estimate of drug-likeness (QED) is 0.851. The van der Waals surface area contributed by atoms with E-state index in [2.05, 4.69) is 5.32 Å². The second-order valence-corrected chi connectivity index (χ2v) is 5.39. The minimum absolute atomic E-state index is 0.0792. The van der Waals surface area contributed by atoms with Crippen LogP contribution in [-0.4, -0.2) is 37.6 Å². The average Bonchev–Trinajstić information content (AvgIpc) is 2.48. The number of nitrogens with one attached hydrogen (secondary N) is 1. The van der Waals surface area contributed by atoms with Crippen LogP contribution in [0.1, 0.15) is 0 Å². The highest BCUT2D eigenvalue weighted by molar-refractivity contribution is 6.30. The maximum absolute atomic E-state index is 11.9. The van der Waals surface area contributed by atoms with Crippen LogP contribution < -0.4 is 10.1 Å². The van der Waals surface area contributed by atoms with E-state index in [1.165, 1.54) is 0 Å². The standard InChI is InChI=1S/C17H19ClN2O2/c1-20(10-11-22-16-8-3-2-4-9-16)13-17(21)19-15-7-5-6-14(18)12-15/h2-9,12H,10-11,13H2,1H3,(H,19,21). The van der Waals surface area contributed by atoms with Crippen LogP contribution in [0.4, 0.5) is 5.69 Å². The summed E-state index contributed by atoms with van der Waals surface area (Å²) < 4.78 is 5.60. The van der Waals surface area contributed by atoms with Crippen molar-refractivity contribution < 1.29 is 9.53 Å². The van der Waals surface area contributed by atoms with Crippen LogP contribution in [0, 0.1) is 0 Å². The van der Waals surface area contributed by atoms with Crippen LogP contribution in [0.3, 0.4) is 0 Å². The Morgan fingerprint density at radius 2 is 1.95 bits per heavy atom. The summed E-state index contributed by atoms with van der Waals surface area (Å²) in [5.41, 5.74) is 0.700. The van der Waals surface area contributed by atoms with Crippen molar-refractivity contribution in [3.8, 4) is 5.75 Å². The zero-order chi connectivity index (χ0) is 15.8. The normalized spacial score (nSPS) is 10.5. The van der Waals surface area contributed by atoms with Crippen molar-refractivity contribution in [2.75, 3.05) is 32.1 Å². The number of para-hydroxylation sites is 1. The fourth-order valence-electron chi connectivity index (χ4n) is 1.93. The van der Waals surface area contributed by atoms with Crippen LogP contribution in [0.25, 0.3) is 0 Å². The molecule has 5 heteroatoms. The number of halogens is 1. The molecule has 2 aromatic carbocycles. The van der Waals surface area contributed by atoms with E-state index in [9.17, 15) is 4.79 Å².